The predicted octanol–water partition coefficient (Wildman–Crippen LogP) is 0.633. The summed E-state index contributed by atoms with van der Waals surface area (Å²) in [5.41, 5.74) is 0. The number of piperazine rings is 1. The molecule has 1 saturated heterocycles. The second-order valence-electron chi connectivity index (χ2n) is 3.84. The number of hydrogen-bond acceptors (Lipinski definition) is 5. The lowest BCUT2D eigenvalue weighted by atomic mass is 10.3. The van der Waals surface area contributed by atoms with Crippen molar-refractivity contribution in [2.24, 2.45) is 0 Å². The van der Waals surface area contributed by atoms with Crippen molar-refractivity contribution in [1.29, 1.82) is 0 Å². The molecule has 0 atom stereocenters. The van der Waals surface area contributed by atoms with Crippen LogP contribution < -0.4 is 5.32 Å². The number of rotatable bonds is 3. The quantitative estimate of drug-likeness (QED) is 0.483. The van der Waals surface area contributed by atoms with E-state index in [0.717, 1.165) is 13.1 Å². The first-order chi connectivity index (χ1) is 8.66. The maximum atomic E-state index is 11.7. The zero-order valence-electron chi connectivity index (χ0n) is 9.67. The summed E-state index contributed by atoms with van der Waals surface area (Å²) in [6, 6.07) is 2.72. The van der Waals surface area contributed by atoms with Gasteiger partial charge in [0.1, 0.15) is 10.7 Å². The molecule has 0 saturated carbocycles. The molecule has 0 unspecified atom stereocenters. The molecule has 0 radical (unpaired) electrons. The van der Waals surface area contributed by atoms with Crippen LogP contribution in [0.2, 0.25) is 0 Å². The third-order valence-electron chi connectivity index (χ3n) is 2.61. The van der Waals surface area contributed by atoms with E-state index in [1.54, 1.807) is 4.90 Å². The zero-order chi connectivity index (χ0) is 13.0. The highest BCUT2D eigenvalue weighted by molar-refractivity contribution is 5.91. The van der Waals surface area contributed by atoms with Gasteiger partial charge in [0, 0.05) is 32.3 Å². The molecule has 1 aliphatic rings. The summed E-state index contributed by atoms with van der Waals surface area (Å²) in [6.45, 7) is 2.90. The lowest BCUT2D eigenvalue weighted by Gasteiger charge is -2.26. The Hall–Kier alpha value is -2.15. The molecule has 2 heterocycles. The van der Waals surface area contributed by atoms with E-state index in [9.17, 15) is 14.9 Å². The van der Waals surface area contributed by atoms with Crippen molar-refractivity contribution in [3.63, 3.8) is 0 Å². The van der Waals surface area contributed by atoms with E-state index in [2.05, 4.69) is 5.32 Å². The SMILES string of the molecule is O=C(/C=C/c1ccc([N+](=O)[O-])o1)N1CCNCC1. The minimum Gasteiger partial charge on any atom is -0.401 e. The molecular weight excluding hydrogens is 238 g/mol. The van der Waals surface area contributed by atoms with E-state index in [0.29, 0.717) is 18.8 Å². The first-order valence-corrected chi connectivity index (χ1v) is 5.59. The van der Waals surface area contributed by atoms with Gasteiger partial charge in [-0.05, 0) is 12.1 Å². The standard InChI is InChI=1S/C11H13N3O4/c15-10(13-7-5-12-6-8-13)3-1-9-2-4-11(18-9)14(16)17/h1-4,12H,5-8H2/b3-1+. The Morgan fingerprint density at radius 2 is 2.17 bits per heavy atom. The number of nitrogens with zero attached hydrogens (tertiary/aromatic N) is 2. The highest BCUT2D eigenvalue weighted by Gasteiger charge is 2.14. The minimum atomic E-state index is -0.616. The molecular formula is C11H13N3O4. The normalized spacial score (nSPS) is 16.1. The summed E-state index contributed by atoms with van der Waals surface area (Å²) in [4.78, 5) is 23.3. The van der Waals surface area contributed by atoms with Gasteiger partial charge in [0.05, 0.1) is 6.07 Å². The van der Waals surface area contributed by atoms with Crippen LogP contribution in [0.5, 0.6) is 0 Å². The molecule has 0 aromatic carbocycles. The Morgan fingerprint density at radius 1 is 1.44 bits per heavy atom. The Bertz CT molecular complexity index is 474. The van der Waals surface area contributed by atoms with Gasteiger partial charge in [0.2, 0.25) is 5.91 Å². The Morgan fingerprint density at radius 3 is 2.78 bits per heavy atom. The van der Waals surface area contributed by atoms with Crippen LogP contribution >= 0.6 is 0 Å². The number of carbonyl (C=O) groups is 1. The number of nitrogens with one attached hydrogen (secondary N) is 1. The molecule has 1 amide bonds. The van der Waals surface area contributed by atoms with Gasteiger partial charge < -0.3 is 14.6 Å². The molecule has 7 nitrogen and oxygen atoms in total. The fraction of sp³-hybridized carbons (Fsp3) is 0.364. The van der Waals surface area contributed by atoms with Crippen molar-refractivity contribution >= 4 is 17.9 Å². The van der Waals surface area contributed by atoms with E-state index in [1.807, 2.05) is 0 Å². The summed E-state index contributed by atoms with van der Waals surface area (Å²) in [5, 5.41) is 13.6. The lowest BCUT2D eigenvalue weighted by Crippen LogP contribution is -2.45. The van der Waals surface area contributed by atoms with E-state index in [-0.39, 0.29) is 11.8 Å². The molecule has 96 valence electrons. The summed E-state index contributed by atoms with van der Waals surface area (Å²) >= 11 is 0. The predicted molar refractivity (Wildman–Crippen MR) is 63.8 cm³/mol. The second kappa shape index (κ2) is 5.46. The number of carbonyl (C=O) groups excluding carboxylic acids is 1. The van der Waals surface area contributed by atoms with Crippen LogP contribution in [0.25, 0.3) is 6.08 Å². The highest BCUT2D eigenvalue weighted by atomic mass is 16.6. The average molecular weight is 251 g/mol. The van der Waals surface area contributed by atoms with E-state index in [4.69, 9.17) is 4.42 Å². The third kappa shape index (κ3) is 2.95. The van der Waals surface area contributed by atoms with Crippen molar-refractivity contribution in [3.8, 4) is 0 Å². The fourth-order valence-electron chi connectivity index (χ4n) is 1.67. The van der Waals surface area contributed by atoms with Crippen molar-refractivity contribution in [2.75, 3.05) is 26.2 Å². The van der Waals surface area contributed by atoms with Crippen LogP contribution in [0.1, 0.15) is 5.76 Å². The second-order valence-corrected chi connectivity index (χ2v) is 3.84. The maximum absolute atomic E-state index is 11.7. The number of hydrogen-bond donors (Lipinski definition) is 1. The molecule has 0 bridgehead atoms. The van der Waals surface area contributed by atoms with Gasteiger partial charge in [-0.2, -0.15) is 0 Å². The molecule has 7 heteroatoms. The van der Waals surface area contributed by atoms with E-state index < -0.39 is 4.92 Å². The van der Waals surface area contributed by atoms with Gasteiger partial charge in [0.25, 0.3) is 0 Å². The summed E-state index contributed by atoms with van der Waals surface area (Å²) in [5.74, 6) is -0.148. The molecule has 2 rings (SSSR count). The highest BCUT2D eigenvalue weighted by Crippen LogP contribution is 2.16. The first-order valence-electron chi connectivity index (χ1n) is 5.59. The Kier molecular flexibility index (Phi) is 3.73. The van der Waals surface area contributed by atoms with Crippen LogP contribution in [0.3, 0.4) is 0 Å². The van der Waals surface area contributed by atoms with Gasteiger partial charge in [-0.3, -0.25) is 14.9 Å². The number of amides is 1. The topological polar surface area (TPSA) is 88.6 Å². The van der Waals surface area contributed by atoms with Crippen LogP contribution in [0, 0.1) is 10.1 Å². The largest absolute Gasteiger partial charge is 0.433 e. The Balaban J connectivity index is 1.96. The molecule has 1 aliphatic heterocycles. The van der Waals surface area contributed by atoms with Crippen molar-refractivity contribution < 1.29 is 14.1 Å². The fourth-order valence-corrected chi connectivity index (χ4v) is 1.67. The van der Waals surface area contributed by atoms with Crippen molar-refractivity contribution in [1.82, 2.24) is 10.2 Å². The van der Waals surface area contributed by atoms with Crippen LogP contribution in [0.15, 0.2) is 22.6 Å². The van der Waals surface area contributed by atoms with E-state index in [1.165, 1.54) is 24.3 Å². The molecule has 0 aliphatic carbocycles. The van der Waals surface area contributed by atoms with Gasteiger partial charge >= 0.3 is 5.88 Å². The van der Waals surface area contributed by atoms with Crippen molar-refractivity contribution in [2.45, 2.75) is 0 Å². The monoisotopic (exact) mass is 251 g/mol. The van der Waals surface area contributed by atoms with Crippen LogP contribution in [-0.2, 0) is 4.79 Å². The molecule has 1 N–H and O–H groups in total. The Labute approximate surface area is 103 Å². The molecule has 1 aromatic heterocycles. The summed E-state index contributed by atoms with van der Waals surface area (Å²) < 4.78 is 4.91. The molecule has 18 heavy (non-hydrogen) atoms. The van der Waals surface area contributed by atoms with Crippen molar-refractivity contribution in [3.05, 3.63) is 34.1 Å². The third-order valence-corrected chi connectivity index (χ3v) is 2.61. The van der Waals surface area contributed by atoms with Gasteiger partial charge in [-0.1, -0.05) is 0 Å². The van der Waals surface area contributed by atoms with Gasteiger partial charge in [0.15, 0.2) is 0 Å². The smallest absolute Gasteiger partial charge is 0.401 e. The van der Waals surface area contributed by atoms with Gasteiger partial charge in [-0.25, -0.2) is 0 Å². The molecule has 0 spiro atoms. The molecule has 1 fully saturated rings. The molecule has 1 aromatic rings. The number of nitro groups is 1. The summed E-state index contributed by atoms with van der Waals surface area (Å²) in [7, 11) is 0. The van der Waals surface area contributed by atoms with E-state index >= 15 is 0 Å². The maximum Gasteiger partial charge on any atom is 0.433 e. The number of furan rings is 1. The zero-order valence-corrected chi connectivity index (χ0v) is 9.67. The van der Waals surface area contributed by atoms with Crippen LogP contribution in [-0.4, -0.2) is 41.9 Å². The first kappa shape index (κ1) is 12.3. The minimum absolute atomic E-state index is 0.115. The lowest BCUT2D eigenvalue weighted by molar-refractivity contribution is -0.402. The average Bonchev–Trinajstić information content (AvgIpc) is 2.86. The summed E-state index contributed by atoms with van der Waals surface area (Å²) in [6.07, 6.45) is 2.81. The van der Waals surface area contributed by atoms with Crippen LogP contribution in [0.4, 0.5) is 5.88 Å². The van der Waals surface area contributed by atoms with Gasteiger partial charge in [-0.15, -0.1) is 0 Å².